The zero-order valence-corrected chi connectivity index (χ0v) is 13.1. The predicted molar refractivity (Wildman–Crippen MR) is 87.2 cm³/mol. The minimum atomic E-state index is 0.383. The summed E-state index contributed by atoms with van der Waals surface area (Å²) in [6, 6.07) is 5.84. The average Bonchev–Trinajstić information content (AvgIpc) is 3.36. The van der Waals surface area contributed by atoms with E-state index in [4.69, 9.17) is 14.7 Å². The molecule has 1 fully saturated rings. The Balaban J connectivity index is 2.28. The maximum Gasteiger partial charge on any atom is 0.292 e. The van der Waals surface area contributed by atoms with Gasteiger partial charge < -0.3 is 9.47 Å². The second-order valence-corrected chi connectivity index (χ2v) is 5.33. The molecule has 22 heavy (non-hydrogen) atoms. The van der Waals surface area contributed by atoms with E-state index >= 15 is 0 Å². The molecule has 0 spiro atoms. The van der Waals surface area contributed by atoms with E-state index in [0.29, 0.717) is 18.3 Å². The number of hydrogen-bond acceptors (Lipinski definition) is 3. The second-order valence-electron chi connectivity index (χ2n) is 5.33. The quantitative estimate of drug-likeness (QED) is 0.405. The first kappa shape index (κ1) is 15.9. The van der Waals surface area contributed by atoms with E-state index in [1.165, 1.54) is 18.4 Å². The van der Waals surface area contributed by atoms with Crippen molar-refractivity contribution in [3.63, 3.8) is 0 Å². The minimum Gasteiger partial charge on any atom is -0.488 e. The van der Waals surface area contributed by atoms with Crippen LogP contribution in [-0.4, -0.2) is 0 Å². The van der Waals surface area contributed by atoms with Gasteiger partial charge in [-0.1, -0.05) is 30.9 Å². The van der Waals surface area contributed by atoms with Crippen molar-refractivity contribution in [1.82, 2.24) is 0 Å². The lowest BCUT2D eigenvalue weighted by atomic mass is 10.0. The number of hydrogen-bond donors (Lipinski definition) is 0. The topological polar surface area (TPSA) is 42.2 Å². The van der Waals surface area contributed by atoms with Gasteiger partial charge in [-0.3, -0.25) is 0 Å². The highest BCUT2D eigenvalue weighted by Crippen LogP contribution is 2.44. The Morgan fingerprint density at radius 2 is 2.23 bits per heavy atom. The molecule has 0 radical (unpaired) electrons. The third-order valence-electron chi connectivity index (χ3n) is 3.73. The Kier molecular flexibility index (Phi) is 5.43. The maximum absolute atomic E-state index is 8.83. The third-order valence-corrected chi connectivity index (χ3v) is 3.73. The van der Waals surface area contributed by atoms with Gasteiger partial charge in [0.2, 0.25) is 0 Å². The molecule has 1 saturated carbocycles. The predicted octanol–water partition coefficient (Wildman–Crippen LogP) is 4.98. The number of nitrogens with zero attached hydrogens (tertiary/aromatic N) is 1. The molecule has 114 valence electrons. The number of rotatable bonds is 7. The van der Waals surface area contributed by atoms with Crippen LogP contribution in [0.2, 0.25) is 0 Å². The number of benzene rings is 1. The summed E-state index contributed by atoms with van der Waals surface area (Å²) < 4.78 is 11.1. The summed E-state index contributed by atoms with van der Waals surface area (Å²) in [6.45, 7) is 8.07. The fourth-order valence-corrected chi connectivity index (χ4v) is 2.35. The van der Waals surface area contributed by atoms with Crippen molar-refractivity contribution in [3.8, 4) is 12.0 Å². The van der Waals surface area contributed by atoms with Crippen molar-refractivity contribution in [2.45, 2.75) is 39.2 Å². The monoisotopic (exact) mass is 295 g/mol. The van der Waals surface area contributed by atoms with Gasteiger partial charge in [0.25, 0.3) is 6.26 Å². The molecular weight excluding hydrogens is 274 g/mol. The first-order valence-corrected chi connectivity index (χ1v) is 7.47. The molecule has 0 aliphatic heterocycles. The number of ether oxygens (including phenoxy) is 2. The van der Waals surface area contributed by atoms with Crippen LogP contribution in [0.5, 0.6) is 5.75 Å². The van der Waals surface area contributed by atoms with Gasteiger partial charge in [0.15, 0.2) is 0 Å². The van der Waals surface area contributed by atoms with Gasteiger partial charge in [0.05, 0.1) is 0 Å². The molecule has 0 unspecified atom stereocenters. The Bertz CT molecular complexity index is 646. The largest absolute Gasteiger partial charge is 0.488 e. The van der Waals surface area contributed by atoms with Crippen molar-refractivity contribution >= 4 is 0 Å². The third kappa shape index (κ3) is 3.79. The first-order chi connectivity index (χ1) is 10.7. The zero-order valence-electron chi connectivity index (χ0n) is 13.1. The van der Waals surface area contributed by atoms with Crippen molar-refractivity contribution in [2.75, 3.05) is 0 Å². The summed E-state index contributed by atoms with van der Waals surface area (Å²) in [5.74, 6) is 1.93. The van der Waals surface area contributed by atoms with Crippen LogP contribution in [0.25, 0.3) is 0 Å². The summed E-state index contributed by atoms with van der Waals surface area (Å²) in [7, 11) is 0. The van der Waals surface area contributed by atoms with Crippen LogP contribution in [0.15, 0.2) is 54.3 Å². The fraction of sp³-hybridized carbons (Fsp3) is 0.316. The lowest BCUT2D eigenvalue weighted by Gasteiger charge is -2.15. The average molecular weight is 295 g/mol. The van der Waals surface area contributed by atoms with Crippen LogP contribution in [0.4, 0.5) is 0 Å². The normalized spacial score (nSPS) is 15.1. The smallest absolute Gasteiger partial charge is 0.292 e. The molecule has 0 amide bonds. The van der Waals surface area contributed by atoms with Crippen molar-refractivity contribution in [3.05, 3.63) is 65.5 Å². The molecule has 3 heteroatoms. The van der Waals surface area contributed by atoms with E-state index in [1.54, 1.807) is 12.3 Å². The van der Waals surface area contributed by atoms with Gasteiger partial charge in [-0.25, -0.2) is 0 Å². The Morgan fingerprint density at radius 1 is 1.45 bits per heavy atom. The highest BCUT2D eigenvalue weighted by molar-refractivity contribution is 5.44. The molecule has 1 aliphatic rings. The Hall–Kier alpha value is -2.47. The van der Waals surface area contributed by atoms with Gasteiger partial charge in [0.1, 0.15) is 18.1 Å². The standard InChI is InChI=1S/C19H21NO2/c1-4-7-18(14(3)5-2)21-12-17-16(15-10-11-15)8-6-9-19(17)22-13-20/h4-9,15H,2,10-12H2,1,3H3/b7-4-,18-14+. The number of nitriles is 1. The van der Waals surface area contributed by atoms with Crippen LogP contribution < -0.4 is 4.74 Å². The lowest BCUT2D eigenvalue weighted by molar-refractivity contribution is 0.205. The molecule has 0 aromatic heterocycles. The van der Waals surface area contributed by atoms with Gasteiger partial charge in [-0.2, -0.15) is 0 Å². The Labute approximate surface area is 132 Å². The van der Waals surface area contributed by atoms with Gasteiger partial charge in [-0.05, 0) is 55.9 Å². The molecule has 0 heterocycles. The first-order valence-electron chi connectivity index (χ1n) is 7.47. The fourth-order valence-electron chi connectivity index (χ4n) is 2.35. The van der Waals surface area contributed by atoms with E-state index in [1.807, 2.05) is 38.1 Å². The van der Waals surface area contributed by atoms with E-state index in [9.17, 15) is 0 Å². The summed E-state index contributed by atoms with van der Waals surface area (Å²) in [5, 5.41) is 8.83. The summed E-state index contributed by atoms with van der Waals surface area (Å²) in [4.78, 5) is 0. The van der Waals surface area contributed by atoms with E-state index < -0.39 is 0 Å². The molecule has 1 aromatic carbocycles. The molecule has 0 N–H and O–H groups in total. The summed E-state index contributed by atoms with van der Waals surface area (Å²) in [5.41, 5.74) is 3.17. The van der Waals surface area contributed by atoms with E-state index in [2.05, 4.69) is 12.6 Å². The van der Waals surface area contributed by atoms with Gasteiger partial charge in [0, 0.05) is 5.56 Å². The Morgan fingerprint density at radius 3 is 2.82 bits per heavy atom. The maximum atomic E-state index is 8.83. The molecule has 1 aromatic rings. The molecule has 1 aliphatic carbocycles. The van der Waals surface area contributed by atoms with Crippen LogP contribution in [0.3, 0.4) is 0 Å². The van der Waals surface area contributed by atoms with Crippen LogP contribution in [0.1, 0.15) is 43.7 Å². The van der Waals surface area contributed by atoms with Crippen molar-refractivity contribution in [2.24, 2.45) is 0 Å². The van der Waals surface area contributed by atoms with Crippen LogP contribution >= 0.6 is 0 Å². The molecular formula is C19H21NO2. The summed E-state index contributed by atoms with van der Waals surface area (Å²) >= 11 is 0. The van der Waals surface area contributed by atoms with E-state index in [0.717, 1.165) is 16.9 Å². The second kappa shape index (κ2) is 7.51. The minimum absolute atomic E-state index is 0.383. The highest BCUT2D eigenvalue weighted by atomic mass is 16.5. The molecule has 0 atom stereocenters. The molecule has 3 nitrogen and oxygen atoms in total. The van der Waals surface area contributed by atoms with Crippen LogP contribution in [-0.2, 0) is 11.3 Å². The van der Waals surface area contributed by atoms with E-state index in [-0.39, 0.29) is 0 Å². The zero-order chi connectivity index (χ0) is 15.9. The van der Waals surface area contributed by atoms with Crippen molar-refractivity contribution in [1.29, 1.82) is 5.26 Å². The SMILES string of the molecule is C=C/C(C)=C(\C=C/C)OCc1c(OC#N)cccc1C1CC1. The van der Waals surface area contributed by atoms with Gasteiger partial charge in [-0.15, -0.1) is 5.26 Å². The van der Waals surface area contributed by atoms with Gasteiger partial charge >= 0.3 is 0 Å². The molecule has 0 bridgehead atoms. The summed E-state index contributed by atoms with van der Waals surface area (Å²) in [6.07, 6.45) is 9.76. The number of allylic oxidation sites excluding steroid dienone is 4. The molecule has 0 saturated heterocycles. The van der Waals surface area contributed by atoms with Crippen LogP contribution in [0, 0.1) is 11.5 Å². The molecule has 2 rings (SSSR count). The lowest BCUT2D eigenvalue weighted by Crippen LogP contribution is -2.01. The highest BCUT2D eigenvalue weighted by Gasteiger charge is 2.27. The van der Waals surface area contributed by atoms with Crippen molar-refractivity contribution < 1.29 is 9.47 Å².